The van der Waals surface area contributed by atoms with Gasteiger partial charge in [-0.2, -0.15) is 0 Å². The molecule has 2 fully saturated rings. The second-order valence-corrected chi connectivity index (χ2v) is 4.50. The van der Waals surface area contributed by atoms with Crippen LogP contribution in [0.1, 0.15) is 32.1 Å². The van der Waals surface area contributed by atoms with Crippen molar-refractivity contribution in [2.75, 3.05) is 19.0 Å². The number of fused-ring (bicyclic) bond motifs is 1. The smallest absolute Gasteiger partial charge is 0.0351 e. The van der Waals surface area contributed by atoms with Gasteiger partial charge in [-0.25, -0.2) is 0 Å². The molecule has 0 amide bonds. The molecule has 0 aromatic rings. The Labute approximate surface area is 80.1 Å². The van der Waals surface area contributed by atoms with Crippen LogP contribution in [0.5, 0.6) is 0 Å². The van der Waals surface area contributed by atoms with Gasteiger partial charge in [0.1, 0.15) is 0 Å². The summed E-state index contributed by atoms with van der Waals surface area (Å²) in [5.74, 6) is 1.82. The summed E-state index contributed by atoms with van der Waals surface area (Å²) in [6.45, 7) is 2.41. The Morgan fingerprint density at radius 1 is 1.17 bits per heavy atom. The van der Waals surface area contributed by atoms with Crippen molar-refractivity contribution in [1.82, 2.24) is 4.90 Å². The molecule has 2 rings (SSSR count). The van der Waals surface area contributed by atoms with Gasteiger partial charge >= 0.3 is 0 Å². The summed E-state index contributed by atoms with van der Waals surface area (Å²) in [5, 5.41) is 0. The summed E-state index contributed by atoms with van der Waals surface area (Å²) in [6.07, 6.45) is 7.24. The lowest BCUT2D eigenvalue weighted by Crippen LogP contribution is -2.43. The largest absolute Gasteiger partial charge is 0.299 e. The summed E-state index contributed by atoms with van der Waals surface area (Å²) < 4.78 is 0. The van der Waals surface area contributed by atoms with Gasteiger partial charge in [0, 0.05) is 18.5 Å². The second-order valence-electron chi connectivity index (χ2n) is 4.13. The number of hydrogen-bond acceptors (Lipinski definition) is 1. The Balaban J connectivity index is 1.94. The third kappa shape index (κ3) is 1.62. The maximum absolute atomic E-state index is 5.78. The van der Waals surface area contributed by atoms with Crippen LogP contribution in [0.3, 0.4) is 0 Å². The fourth-order valence-corrected chi connectivity index (χ4v) is 3.16. The molecular formula is C10H18ClN. The highest BCUT2D eigenvalue weighted by molar-refractivity contribution is 6.18. The number of rotatable bonds is 2. The van der Waals surface area contributed by atoms with Crippen molar-refractivity contribution in [3.05, 3.63) is 0 Å². The molecule has 70 valence electrons. The van der Waals surface area contributed by atoms with Crippen LogP contribution in [0.4, 0.5) is 0 Å². The van der Waals surface area contributed by atoms with Crippen LogP contribution in [-0.4, -0.2) is 29.9 Å². The molecule has 0 aromatic carbocycles. The van der Waals surface area contributed by atoms with Gasteiger partial charge in [-0.15, -0.1) is 11.6 Å². The van der Waals surface area contributed by atoms with E-state index >= 15 is 0 Å². The van der Waals surface area contributed by atoms with E-state index in [-0.39, 0.29) is 0 Å². The van der Waals surface area contributed by atoms with E-state index < -0.39 is 0 Å². The number of likely N-dealkylation sites (tertiary alicyclic amines) is 1. The molecule has 2 heteroatoms. The minimum absolute atomic E-state index is 0.809. The van der Waals surface area contributed by atoms with E-state index in [2.05, 4.69) is 4.90 Å². The van der Waals surface area contributed by atoms with E-state index in [1.807, 2.05) is 0 Å². The molecule has 0 radical (unpaired) electrons. The molecule has 0 spiro atoms. The summed E-state index contributed by atoms with van der Waals surface area (Å²) in [4.78, 5) is 2.62. The standard InChI is InChI=1S/C10H18ClN/c11-6-8-12-7-2-4-9-3-1-5-10(9)12/h9-10H,1-8H2. The van der Waals surface area contributed by atoms with Crippen LogP contribution in [0, 0.1) is 5.92 Å². The van der Waals surface area contributed by atoms with Crippen LogP contribution >= 0.6 is 11.6 Å². The molecule has 0 aromatic heterocycles. The molecule has 2 atom stereocenters. The van der Waals surface area contributed by atoms with E-state index in [0.717, 1.165) is 24.4 Å². The Hall–Kier alpha value is 0.250. The first kappa shape index (κ1) is 8.83. The van der Waals surface area contributed by atoms with Gasteiger partial charge in [-0.1, -0.05) is 6.42 Å². The maximum atomic E-state index is 5.78. The highest BCUT2D eigenvalue weighted by Gasteiger charge is 2.34. The van der Waals surface area contributed by atoms with Gasteiger partial charge < -0.3 is 0 Å². The van der Waals surface area contributed by atoms with E-state index in [4.69, 9.17) is 11.6 Å². The van der Waals surface area contributed by atoms with Crippen LogP contribution in [0.25, 0.3) is 0 Å². The molecular weight excluding hydrogens is 170 g/mol. The Morgan fingerprint density at radius 3 is 2.83 bits per heavy atom. The van der Waals surface area contributed by atoms with Crippen LogP contribution in [-0.2, 0) is 0 Å². The number of hydrogen-bond donors (Lipinski definition) is 0. The fourth-order valence-electron chi connectivity index (χ4n) is 2.94. The van der Waals surface area contributed by atoms with Crippen LogP contribution < -0.4 is 0 Å². The zero-order chi connectivity index (χ0) is 8.39. The quantitative estimate of drug-likeness (QED) is 0.601. The van der Waals surface area contributed by atoms with Gasteiger partial charge in [-0.05, 0) is 38.1 Å². The van der Waals surface area contributed by atoms with E-state index in [1.165, 1.54) is 38.6 Å². The molecule has 2 aliphatic rings. The number of halogens is 1. The number of piperidine rings is 1. The van der Waals surface area contributed by atoms with E-state index in [1.54, 1.807) is 0 Å². The lowest BCUT2D eigenvalue weighted by Gasteiger charge is -2.37. The predicted octanol–water partition coefficient (Wildman–Crippen LogP) is 2.49. The average molecular weight is 188 g/mol. The van der Waals surface area contributed by atoms with Gasteiger partial charge in [0.15, 0.2) is 0 Å². The van der Waals surface area contributed by atoms with Crippen molar-refractivity contribution < 1.29 is 0 Å². The van der Waals surface area contributed by atoms with Gasteiger partial charge in [-0.3, -0.25) is 4.90 Å². The minimum Gasteiger partial charge on any atom is -0.299 e. The van der Waals surface area contributed by atoms with Crippen molar-refractivity contribution in [3.8, 4) is 0 Å². The minimum atomic E-state index is 0.809. The third-order valence-electron chi connectivity index (χ3n) is 3.48. The average Bonchev–Trinajstić information content (AvgIpc) is 2.53. The van der Waals surface area contributed by atoms with Crippen molar-refractivity contribution in [2.45, 2.75) is 38.1 Å². The second kappa shape index (κ2) is 3.97. The predicted molar refractivity (Wildman–Crippen MR) is 52.7 cm³/mol. The van der Waals surface area contributed by atoms with Crippen LogP contribution in [0.15, 0.2) is 0 Å². The molecule has 1 aliphatic heterocycles. The highest BCUT2D eigenvalue weighted by Crippen LogP contribution is 2.36. The number of nitrogens with zero attached hydrogens (tertiary/aromatic N) is 1. The first-order valence-corrected chi connectivity index (χ1v) is 5.75. The highest BCUT2D eigenvalue weighted by atomic mass is 35.5. The molecule has 12 heavy (non-hydrogen) atoms. The number of alkyl halides is 1. The molecule has 1 heterocycles. The third-order valence-corrected chi connectivity index (χ3v) is 3.65. The first-order valence-electron chi connectivity index (χ1n) is 5.22. The Morgan fingerprint density at radius 2 is 2.00 bits per heavy atom. The van der Waals surface area contributed by atoms with Crippen molar-refractivity contribution >= 4 is 11.6 Å². The van der Waals surface area contributed by atoms with Crippen molar-refractivity contribution in [3.63, 3.8) is 0 Å². The Kier molecular flexibility index (Phi) is 2.92. The molecule has 1 saturated heterocycles. The molecule has 0 N–H and O–H groups in total. The monoisotopic (exact) mass is 187 g/mol. The zero-order valence-electron chi connectivity index (χ0n) is 7.64. The van der Waals surface area contributed by atoms with Crippen LogP contribution in [0.2, 0.25) is 0 Å². The Bertz CT molecular complexity index is 147. The van der Waals surface area contributed by atoms with Gasteiger partial charge in [0.05, 0.1) is 0 Å². The summed E-state index contributed by atoms with van der Waals surface area (Å²) in [6, 6.07) is 0.900. The van der Waals surface area contributed by atoms with Crippen molar-refractivity contribution in [2.24, 2.45) is 5.92 Å². The molecule has 1 aliphatic carbocycles. The molecule has 1 saturated carbocycles. The maximum Gasteiger partial charge on any atom is 0.0351 e. The van der Waals surface area contributed by atoms with E-state index in [9.17, 15) is 0 Å². The van der Waals surface area contributed by atoms with Gasteiger partial charge in [0.25, 0.3) is 0 Å². The molecule has 1 nitrogen and oxygen atoms in total. The first-order chi connectivity index (χ1) is 5.92. The molecule has 2 unspecified atom stereocenters. The van der Waals surface area contributed by atoms with Crippen molar-refractivity contribution in [1.29, 1.82) is 0 Å². The summed E-state index contributed by atoms with van der Waals surface area (Å²) >= 11 is 5.78. The molecule has 0 bridgehead atoms. The van der Waals surface area contributed by atoms with E-state index in [0.29, 0.717) is 0 Å². The SMILES string of the molecule is ClCCN1CCCC2CCCC21. The summed E-state index contributed by atoms with van der Waals surface area (Å²) in [5.41, 5.74) is 0. The topological polar surface area (TPSA) is 3.24 Å². The zero-order valence-corrected chi connectivity index (χ0v) is 8.39. The van der Waals surface area contributed by atoms with Gasteiger partial charge in [0.2, 0.25) is 0 Å². The lowest BCUT2D eigenvalue weighted by atomic mass is 9.92. The fraction of sp³-hybridized carbons (Fsp3) is 1.00. The normalized spacial score (nSPS) is 36.8. The lowest BCUT2D eigenvalue weighted by molar-refractivity contribution is 0.121. The summed E-state index contributed by atoms with van der Waals surface area (Å²) in [7, 11) is 0.